The summed E-state index contributed by atoms with van der Waals surface area (Å²) in [5.41, 5.74) is 2.63. The first kappa shape index (κ1) is 18.9. The van der Waals surface area contributed by atoms with Crippen molar-refractivity contribution in [2.24, 2.45) is 0 Å². The molecule has 2 aromatic heterocycles. The third-order valence-corrected chi connectivity index (χ3v) is 5.13. The summed E-state index contributed by atoms with van der Waals surface area (Å²) in [5, 5.41) is 2.66. The molecule has 0 spiro atoms. The molecule has 3 rings (SSSR count). The van der Waals surface area contributed by atoms with Gasteiger partial charge in [-0.05, 0) is 37.1 Å². The number of hydrogen-bond acceptors (Lipinski definition) is 5. The number of amides is 1. The topological polar surface area (TPSA) is 89.8 Å². The van der Waals surface area contributed by atoms with E-state index in [0.717, 1.165) is 23.1 Å². The van der Waals surface area contributed by atoms with Crippen LogP contribution in [0.25, 0.3) is 5.52 Å². The van der Waals surface area contributed by atoms with Crippen molar-refractivity contribution in [3.05, 3.63) is 59.4 Å². The highest BCUT2D eigenvalue weighted by Crippen LogP contribution is 2.20. The minimum Gasteiger partial charge on any atom is -0.496 e. The average Bonchev–Trinajstić information content (AvgIpc) is 3.02. The van der Waals surface area contributed by atoms with E-state index in [4.69, 9.17) is 4.74 Å². The number of sulfone groups is 1. The van der Waals surface area contributed by atoms with Crippen LogP contribution in [-0.4, -0.2) is 43.6 Å². The lowest BCUT2D eigenvalue weighted by atomic mass is 10.1. The number of fused-ring (bicyclic) bond motifs is 1. The smallest absolute Gasteiger partial charge is 0.272 e. The Balaban J connectivity index is 1.81. The first-order chi connectivity index (χ1) is 12.8. The van der Waals surface area contributed by atoms with Crippen molar-refractivity contribution in [3.63, 3.8) is 0 Å². The molecule has 0 aliphatic carbocycles. The van der Waals surface area contributed by atoms with Crippen molar-refractivity contribution in [2.75, 3.05) is 19.9 Å². The predicted molar refractivity (Wildman–Crippen MR) is 102 cm³/mol. The SMILES string of the molecule is COc1ccc(C)cc1CCNC(=O)c1nc(S(C)(=O)=O)n2ccccc12. The Labute approximate surface area is 157 Å². The lowest BCUT2D eigenvalue weighted by molar-refractivity contribution is 0.0951. The van der Waals surface area contributed by atoms with Gasteiger partial charge >= 0.3 is 0 Å². The summed E-state index contributed by atoms with van der Waals surface area (Å²) in [4.78, 5) is 16.7. The standard InChI is InChI=1S/C19H21N3O4S/c1-13-7-8-16(26-2)14(12-13)9-10-20-18(23)17-15-6-4-5-11-22(15)19(21-17)27(3,24)25/h4-8,11-12H,9-10H2,1-3H3,(H,20,23). The molecule has 0 fully saturated rings. The molecular weight excluding hydrogens is 366 g/mol. The highest BCUT2D eigenvalue weighted by molar-refractivity contribution is 7.90. The van der Waals surface area contributed by atoms with Crippen LogP contribution in [0.4, 0.5) is 0 Å². The minimum absolute atomic E-state index is 0.0900. The number of carbonyl (C=O) groups is 1. The largest absolute Gasteiger partial charge is 0.496 e. The lowest BCUT2D eigenvalue weighted by Gasteiger charge is -2.10. The predicted octanol–water partition coefficient (Wildman–Crippen LogP) is 2.03. The van der Waals surface area contributed by atoms with E-state index < -0.39 is 15.7 Å². The van der Waals surface area contributed by atoms with Crippen LogP contribution in [0.15, 0.2) is 47.8 Å². The minimum atomic E-state index is -3.56. The van der Waals surface area contributed by atoms with Gasteiger partial charge in [0.1, 0.15) is 5.75 Å². The number of pyridine rings is 1. The van der Waals surface area contributed by atoms with E-state index in [0.29, 0.717) is 18.5 Å². The van der Waals surface area contributed by atoms with E-state index in [2.05, 4.69) is 10.3 Å². The van der Waals surface area contributed by atoms with Crippen LogP contribution in [-0.2, 0) is 16.3 Å². The molecule has 0 saturated heterocycles. The molecule has 1 N–H and O–H groups in total. The first-order valence-corrected chi connectivity index (χ1v) is 10.3. The molecule has 8 heteroatoms. The number of hydrogen-bond donors (Lipinski definition) is 1. The fourth-order valence-corrected chi connectivity index (χ4v) is 3.71. The van der Waals surface area contributed by atoms with Crippen molar-refractivity contribution in [1.29, 1.82) is 0 Å². The molecule has 3 aromatic rings. The Morgan fingerprint density at radius 3 is 2.74 bits per heavy atom. The Kier molecular flexibility index (Phi) is 5.18. The van der Waals surface area contributed by atoms with Crippen LogP contribution < -0.4 is 10.1 Å². The summed E-state index contributed by atoms with van der Waals surface area (Å²) in [7, 11) is -1.96. The molecule has 0 aliphatic heterocycles. The zero-order valence-electron chi connectivity index (χ0n) is 15.4. The molecule has 27 heavy (non-hydrogen) atoms. The monoisotopic (exact) mass is 387 g/mol. The quantitative estimate of drug-likeness (QED) is 0.699. The third kappa shape index (κ3) is 3.95. The molecule has 0 saturated carbocycles. The molecular formula is C19H21N3O4S. The lowest BCUT2D eigenvalue weighted by Crippen LogP contribution is -2.26. The van der Waals surface area contributed by atoms with Crippen molar-refractivity contribution < 1.29 is 17.9 Å². The third-order valence-electron chi connectivity index (χ3n) is 4.18. The van der Waals surface area contributed by atoms with Crippen LogP contribution in [0.2, 0.25) is 0 Å². The van der Waals surface area contributed by atoms with E-state index in [1.165, 1.54) is 4.40 Å². The zero-order valence-corrected chi connectivity index (χ0v) is 16.2. The van der Waals surface area contributed by atoms with Gasteiger partial charge in [-0.1, -0.05) is 23.8 Å². The summed E-state index contributed by atoms with van der Waals surface area (Å²) in [6.45, 7) is 2.37. The van der Waals surface area contributed by atoms with Gasteiger partial charge in [-0.2, -0.15) is 0 Å². The number of benzene rings is 1. The Morgan fingerprint density at radius 1 is 1.26 bits per heavy atom. The van der Waals surface area contributed by atoms with E-state index in [1.54, 1.807) is 31.5 Å². The van der Waals surface area contributed by atoms with Gasteiger partial charge in [0.15, 0.2) is 5.69 Å². The van der Waals surface area contributed by atoms with Gasteiger partial charge < -0.3 is 10.1 Å². The van der Waals surface area contributed by atoms with Crippen molar-refractivity contribution in [1.82, 2.24) is 14.7 Å². The van der Waals surface area contributed by atoms with E-state index in [1.807, 2.05) is 25.1 Å². The van der Waals surface area contributed by atoms with Gasteiger partial charge in [-0.25, -0.2) is 13.4 Å². The molecule has 1 amide bonds. The van der Waals surface area contributed by atoms with Gasteiger partial charge in [0.2, 0.25) is 15.0 Å². The fraction of sp³-hybridized carbons (Fsp3) is 0.263. The normalized spacial score (nSPS) is 11.5. The van der Waals surface area contributed by atoms with Crippen LogP contribution in [0, 0.1) is 6.92 Å². The maximum absolute atomic E-state index is 12.6. The van der Waals surface area contributed by atoms with Crippen molar-refractivity contribution >= 4 is 21.3 Å². The number of ether oxygens (including phenoxy) is 1. The summed E-state index contributed by atoms with van der Waals surface area (Å²) >= 11 is 0. The van der Waals surface area contributed by atoms with Crippen molar-refractivity contribution in [2.45, 2.75) is 18.5 Å². The number of nitrogens with one attached hydrogen (secondary N) is 1. The second-order valence-electron chi connectivity index (χ2n) is 6.29. The zero-order chi connectivity index (χ0) is 19.6. The summed E-state index contributed by atoms with van der Waals surface area (Å²) in [6, 6.07) is 11.0. The Hall–Kier alpha value is -2.87. The molecule has 1 aromatic carbocycles. The number of aryl methyl sites for hydroxylation is 1. The second kappa shape index (κ2) is 7.40. The number of aromatic nitrogens is 2. The first-order valence-electron chi connectivity index (χ1n) is 8.40. The molecule has 0 aliphatic rings. The van der Waals surface area contributed by atoms with Crippen LogP contribution >= 0.6 is 0 Å². The molecule has 7 nitrogen and oxygen atoms in total. The molecule has 0 unspecified atom stereocenters. The van der Waals surface area contributed by atoms with Gasteiger partial charge in [-0.15, -0.1) is 0 Å². The van der Waals surface area contributed by atoms with Gasteiger partial charge in [0.05, 0.1) is 12.6 Å². The van der Waals surface area contributed by atoms with E-state index >= 15 is 0 Å². The molecule has 0 atom stereocenters. The molecule has 0 bridgehead atoms. The summed E-state index contributed by atoms with van der Waals surface area (Å²) in [6.07, 6.45) is 3.23. The van der Waals surface area contributed by atoms with Crippen molar-refractivity contribution in [3.8, 4) is 5.75 Å². The Morgan fingerprint density at radius 2 is 2.04 bits per heavy atom. The number of methoxy groups -OCH3 is 1. The van der Waals surface area contributed by atoms with Crippen LogP contribution in [0.1, 0.15) is 21.6 Å². The summed E-state index contributed by atoms with van der Waals surface area (Å²) < 4.78 is 30.7. The molecule has 2 heterocycles. The Bertz CT molecular complexity index is 1100. The van der Waals surface area contributed by atoms with Gasteiger partial charge in [0, 0.05) is 19.0 Å². The fourth-order valence-electron chi connectivity index (χ4n) is 2.94. The van der Waals surface area contributed by atoms with Gasteiger partial charge in [-0.3, -0.25) is 9.20 Å². The van der Waals surface area contributed by atoms with Crippen LogP contribution in [0.5, 0.6) is 5.75 Å². The number of carbonyl (C=O) groups excluding carboxylic acids is 1. The van der Waals surface area contributed by atoms with Crippen LogP contribution in [0.3, 0.4) is 0 Å². The number of rotatable bonds is 6. The summed E-state index contributed by atoms with van der Waals surface area (Å²) in [5.74, 6) is 0.349. The maximum Gasteiger partial charge on any atom is 0.272 e. The van der Waals surface area contributed by atoms with E-state index in [9.17, 15) is 13.2 Å². The maximum atomic E-state index is 12.6. The number of nitrogens with zero attached hydrogens (tertiary/aromatic N) is 2. The molecule has 142 valence electrons. The number of imidazole rings is 1. The van der Waals surface area contributed by atoms with Gasteiger partial charge in [0.25, 0.3) is 5.91 Å². The highest BCUT2D eigenvalue weighted by Gasteiger charge is 2.22. The highest BCUT2D eigenvalue weighted by atomic mass is 32.2. The molecule has 0 radical (unpaired) electrons. The average molecular weight is 387 g/mol. The second-order valence-corrected chi connectivity index (χ2v) is 8.20. The van der Waals surface area contributed by atoms with E-state index in [-0.39, 0.29) is 10.9 Å².